The van der Waals surface area contributed by atoms with E-state index in [1.54, 1.807) is 0 Å². The summed E-state index contributed by atoms with van der Waals surface area (Å²) in [6, 6.07) is 4.25. The molecule has 66 valence electrons. The van der Waals surface area contributed by atoms with Gasteiger partial charge in [-0.15, -0.1) is 0 Å². The first kappa shape index (κ1) is 9.24. The average Bonchev–Trinajstić information content (AvgIpc) is 2.04. The molecule has 1 heterocycles. The van der Waals surface area contributed by atoms with E-state index in [-0.39, 0.29) is 0 Å². The topological polar surface area (TPSA) is 12.9 Å². The van der Waals surface area contributed by atoms with Gasteiger partial charge < -0.3 is 0 Å². The number of hydrogen-bond acceptors (Lipinski definition) is 1. The monoisotopic (exact) mass is 163 g/mol. The van der Waals surface area contributed by atoms with Crippen LogP contribution < -0.4 is 0 Å². The van der Waals surface area contributed by atoms with Crippen molar-refractivity contribution in [2.75, 3.05) is 0 Å². The van der Waals surface area contributed by atoms with Gasteiger partial charge in [-0.3, -0.25) is 4.98 Å². The first-order chi connectivity index (χ1) is 5.61. The van der Waals surface area contributed by atoms with Crippen molar-refractivity contribution in [1.29, 1.82) is 0 Å². The summed E-state index contributed by atoms with van der Waals surface area (Å²) >= 11 is 0. The van der Waals surface area contributed by atoms with Crippen molar-refractivity contribution in [3.8, 4) is 0 Å². The van der Waals surface area contributed by atoms with Crippen molar-refractivity contribution in [3.63, 3.8) is 0 Å². The van der Waals surface area contributed by atoms with Gasteiger partial charge >= 0.3 is 0 Å². The molecule has 0 spiro atoms. The third-order valence-corrected chi connectivity index (χ3v) is 2.46. The van der Waals surface area contributed by atoms with Gasteiger partial charge in [0.25, 0.3) is 0 Å². The molecule has 0 aliphatic carbocycles. The number of aromatic nitrogens is 1. The SMILES string of the molecule is Cc1ccc([C@@H](C)C(C)C)cn1. The second kappa shape index (κ2) is 3.70. The van der Waals surface area contributed by atoms with Crippen LogP contribution in [0, 0.1) is 12.8 Å². The van der Waals surface area contributed by atoms with Crippen LogP contribution in [-0.4, -0.2) is 4.98 Å². The molecule has 1 aromatic rings. The van der Waals surface area contributed by atoms with Crippen molar-refractivity contribution in [1.82, 2.24) is 4.98 Å². The Balaban J connectivity index is 2.82. The Bertz CT molecular complexity index is 236. The maximum absolute atomic E-state index is 4.28. The molecule has 0 radical (unpaired) electrons. The largest absolute Gasteiger partial charge is 0.261 e. The van der Waals surface area contributed by atoms with Gasteiger partial charge in [0.2, 0.25) is 0 Å². The molecule has 12 heavy (non-hydrogen) atoms. The van der Waals surface area contributed by atoms with Crippen LogP contribution in [0.3, 0.4) is 0 Å². The minimum absolute atomic E-state index is 0.609. The highest BCUT2D eigenvalue weighted by atomic mass is 14.7. The Morgan fingerprint density at radius 1 is 1.17 bits per heavy atom. The summed E-state index contributed by atoms with van der Waals surface area (Å²) < 4.78 is 0. The van der Waals surface area contributed by atoms with Crippen LogP contribution in [0.4, 0.5) is 0 Å². The highest BCUT2D eigenvalue weighted by molar-refractivity contribution is 5.17. The van der Waals surface area contributed by atoms with Gasteiger partial charge in [-0.2, -0.15) is 0 Å². The van der Waals surface area contributed by atoms with E-state index in [9.17, 15) is 0 Å². The molecule has 0 fully saturated rings. The molecule has 0 saturated heterocycles. The third kappa shape index (κ3) is 2.07. The summed E-state index contributed by atoms with van der Waals surface area (Å²) in [5.74, 6) is 1.30. The van der Waals surface area contributed by atoms with Crippen LogP contribution in [0.1, 0.15) is 37.9 Å². The fourth-order valence-corrected chi connectivity index (χ4v) is 1.13. The maximum Gasteiger partial charge on any atom is 0.0372 e. The quantitative estimate of drug-likeness (QED) is 0.652. The minimum atomic E-state index is 0.609. The lowest BCUT2D eigenvalue weighted by molar-refractivity contribution is 0.533. The fourth-order valence-electron chi connectivity index (χ4n) is 1.13. The van der Waals surface area contributed by atoms with Gasteiger partial charge in [-0.25, -0.2) is 0 Å². The molecule has 0 N–H and O–H groups in total. The number of pyridine rings is 1. The van der Waals surface area contributed by atoms with Crippen LogP contribution in [-0.2, 0) is 0 Å². The lowest BCUT2D eigenvalue weighted by atomic mass is 9.91. The molecular weight excluding hydrogens is 146 g/mol. The van der Waals surface area contributed by atoms with Crippen LogP contribution >= 0.6 is 0 Å². The van der Waals surface area contributed by atoms with Crippen molar-refractivity contribution in [2.45, 2.75) is 33.6 Å². The predicted molar refractivity (Wildman–Crippen MR) is 52.2 cm³/mol. The van der Waals surface area contributed by atoms with Crippen LogP contribution in [0.25, 0.3) is 0 Å². The van der Waals surface area contributed by atoms with E-state index >= 15 is 0 Å². The van der Waals surface area contributed by atoms with Crippen LogP contribution in [0.15, 0.2) is 18.3 Å². The molecule has 1 heteroatoms. The number of aryl methyl sites for hydroxylation is 1. The van der Waals surface area contributed by atoms with Crippen molar-refractivity contribution in [3.05, 3.63) is 29.6 Å². The summed E-state index contributed by atoms with van der Waals surface area (Å²) in [7, 11) is 0. The second-order valence-electron chi connectivity index (χ2n) is 3.77. The first-order valence-electron chi connectivity index (χ1n) is 4.54. The number of nitrogens with zero attached hydrogens (tertiary/aromatic N) is 1. The van der Waals surface area contributed by atoms with Gasteiger partial charge in [-0.05, 0) is 30.4 Å². The Hall–Kier alpha value is -0.850. The molecule has 0 aliphatic heterocycles. The van der Waals surface area contributed by atoms with Crippen molar-refractivity contribution in [2.24, 2.45) is 5.92 Å². The van der Waals surface area contributed by atoms with Crippen LogP contribution in [0.2, 0.25) is 0 Å². The molecule has 1 atom stereocenters. The molecule has 1 nitrogen and oxygen atoms in total. The number of hydrogen-bond donors (Lipinski definition) is 0. The highest BCUT2D eigenvalue weighted by Crippen LogP contribution is 2.22. The lowest BCUT2D eigenvalue weighted by Gasteiger charge is -2.15. The van der Waals surface area contributed by atoms with Gasteiger partial charge in [-0.1, -0.05) is 26.8 Å². The molecule has 0 bridgehead atoms. The summed E-state index contributed by atoms with van der Waals surface area (Å²) in [6.45, 7) is 8.75. The Kier molecular flexibility index (Phi) is 2.85. The molecule has 1 aromatic heterocycles. The van der Waals surface area contributed by atoms with E-state index < -0.39 is 0 Å². The second-order valence-corrected chi connectivity index (χ2v) is 3.77. The maximum atomic E-state index is 4.28. The summed E-state index contributed by atoms with van der Waals surface area (Å²) in [5.41, 5.74) is 2.44. The third-order valence-electron chi connectivity index (χ3n) is 2.46. The van der Waals surface area contributed by atoms with Crippen LogP contribution in [0.5, 0.6) is 0 Å². The van der Waals surface area contributed by atoms with E-state index in [2.05, 4.69) is 37.9 Å². The first-order valence-corrected chi connectivity index (χ1v) is 4.54. The molecular formula is C11H17N. The summed E-state index contributed by atoms with van der Waals surface area (Å²) in [5, 5.41) is 0. The summed E-state index contributed by atoms with van der Waals surface area (Å²) in [4.78, 5) is 4.28. The van der Waals surface area contributed by atoms with Crippen molar-refractivity contribution < 1.29 is 0 Å². The standard InChI is InChI=1S/C11H17N/c1-8(2)10(4)11-6-5-9(3)12-7-11/h5-8,10H,1-4H3/t10-/m0/s1. The fraction of sp³-hybridized carbons (Fsp3) is 0.545. The summed E-state index contributed by atoms with van der Waals surface area (Å²) in [6.07, 6.45) is 1.99. The minimum Gasteiger partial charge on any atom is -0.261 e. The van der Waals surface area contributed by atoms with Gasteiger partial charge in [0.05, 0.1) is 0 Å². The van der Waals surface area contributed by atoms with E-state index in [1.807, 2.05) is 13.1 Å². The smallest absolute Gasteiger partial charge is 0.0372 e. The molecule has 0 amide bonds. The zero-order chi connectivity index (χ0) is 9.14. The van der Waals surface area contributed by atoms with E-state index in [4.69, 9.17) is 0 Å². The molecule has 0 saturated carbocycles. The Morgan fingerprint density at radius 2 is 1.83 bits per heavy atom. The molecule has 0 aliphatic rings. The van der Waals surface area contributed by atoms with Gasteiger partial charge in [0.15, 0.2) is 0 Å². The van der Waals surface area contributed by atoms with E-state index in [0.717, 1.165) is 5.69 Å². The Morgan fingerprint density at radius 3 is 2.25 bits per heavy atom. The zero-order valence-electron chi connectivity index (χ0n) is 8.33. The van der Waals surface area contributed by atoms with Crippen molar-refractivity contribution >= 4 is 0 Å². The molecule has 0 aromatic carbocycles. The van der Waals surface area contributed by atoms with Gasteiger partial charge in [0, 0.05) is 11.9 Å². The molecule has 1 rings (SSSR count). The zero-order valence-corrected chi connectivity index (χ0v) is 8.33. The predicted octanol–water partition coefficient (Wildman–Crippen LogP) is 3.15. The van der Waals surface area contributed by atoms with E-state index in [1.165, 1.54) is 5.56 Å². The van der Waals surface area contributed by atoms with E-state index in [0.29, 0.717) is 11.8 Å². The Labute approximate surface area is 74.8 Å². The normalized spacial score (nSPS) is 13.4. The average molecular weight is 163 g/mol. The lowest BCUT2D eigenvalue weighted by Crippen LogP contribution is -2.02. The number of rotatable bonds is 2. The van der Waals surface area contributed by atoms with Gasteiger partial charge in [0.1, 0.15) is 0 Å². The highest BCUT2D eigenvalue weighted by Gasteiger charge is 2.09. The molecule has 0 unspecified atom stereocenters.